The molecule has 0 aliphatic rings. The van der Waals surface area contributed by atoms with Crippen LogP contribution in [0.5, 0.6) is 0 Å². The Morgan fingerprint density at radius 1 is 1.35 bits per heavy atom. The molecule has 0 unspecified atom stereocenters. The Balaban J connectivity index is 4.17. The number of amides is 2. The third kappa shape index (κ3) is 6.11. The van der Waals surface area contributed by atoms with Crippen LogP contribution in [0.25, 0.3) is 0 Å². The molecule has 2 amide bonds. The van der Waals surface area contributed by atoms with Gasteiger partial charge in [-0.05, 0) is 12.8 Å². The van der Waals surface area contributed by atoms with E-state index in [-0.39, 0.29) is 31.6 Å². The van der Waals surface area contributed by atoms with Crippen LogP contribution in [-0.2, 0) is 9.53 Å². The number of carbonyl (C=O) groups excluding carboxylic acids is 1. The van der Waals surface area contributed by atoms with Crippen molar-refractivity contribution in [1.82, 2.24) is 10.2 Å². The summed E-state index contributed by atoms with van der Waals surface area (Å²) in [6, 6.07) is -0.0253. The minimum absolute atomic E-state index is 0.0253. The molecular weight excluding hydrogens is 224 g/mol. The zero-order valence-electron chi connectivity index (χ0n) is 10.7. The van der Waals surface area contributed by atoms with Gasteiger partial charge in [-0.25, -0.2) is 4.79 Å². The van der Waals surface area contributed by atoms with Gasteiger partial charge in [0.2, 0.25) is 5.91 Å². The van der Waals surface area contributed by atoms with Gasteiger partial charge in [-0.3, -0.25) is 4.79 Å². The average Bonchev–Trinajstić information content (AvgIpc) is 2.31. The van der Waals surface area contributed by atoms with Crippen molar-refractivity contribution >= 4 is 12.0 Å². The van der Waals surface area contributed by atoms with Crippen molar-refractivity contribution in [2.45, 2.75) is 39.2 Å². The normalized spacial score (nSPS) is 10.4. The van der Waals surface area contributed by atoms with Crippen LogP contribution in [0, 0.1) is 0 Å². The summed E-state index contributed by atoms with van der Waals surface area (Å²) < 4.78 is 4.69. The summed E-state index contributed by atoms with van der Waals surface area (Å²) in [7, 11) is 1.48. The number of nitrogens with one attached hydrogen (secondary N) is 1. The van der Waals surface area contributed by atoms with E-state index in [2.05, 4.69) is 5.32 Å². The van der Waals surface area contributed by atoms with Gasteiger partial charge < -0.3 is 20.1 Å². The van der Waals surface area contributed by atoms with Gasteiger partial charge in [-0.15, -0.1) is 0 Å². The summed E-state index contributed by atoms with van der Waals surface area (Å²) in [6.07, 6.45) is 0.690. The van der Waals surface area contributed by atoms with E-state index in [1.54, 1.807) is 0 Å². The lowest BCUT2D eigenvalue weighted by molar-refractivity contribution is -0.122. The Morgan fingerprint density at radius 3 is 2.35 bits per heavy atom. The second kappa shape index (κ2) is 8.81. The second-order valence-corrected chi connectivity index (χ2v) is 3.73. The smallest absolute Gasteiger partial charge is 0.407 e. The molecule has 0 rings (SSSR count). The molecule has 0 saturated heterocycles. The average molecular weight is 246 g/mol. The maximum absolute atomic E-state index is 11.3. The van der Waals surface area contributed by atoms with Crippen molar-refractivity contribution in [3.05, 3.63) is 0 Å². The maximum Gasteiger partial charge on any atom is 0.407 e. The van der Waals surface area contributed by atoms with E-state index >= 15 is 0 Å². The lowest BCUT2D eigenvalue weighted by Gasteiger charge is -2.27. The fraction of sp³-hybridized carbons (Fsp3) is 0.818. The molecule has 0 aliphatic carbocycles. The van der Waals surface area contributed by atoms with Gasteiger partial charge in [0.25, 0.3) is 0 Å². The molecule has 17 heavy (non-hydrogen) atoms. The lowest BCUT2D eigenvalue weighted by Crippen LogP contribution is -2.41. The number of ether oxygens (including phenoxy) is 1. The summed E-state index contributed by atoms with van der Waals surface area (Å²) in [4.78, 5) is 23.7. The Kier molecular flexibility index (Phi) is 8.13. The van der Waals surface area contributed by atoms with Gasteiger partial charge in [0.05, 0.1) is 0 Å². The minimum atomic E-state index is -0.974. The first-order valence-electron chi connectivity index (χ1n) is 5.81. The summed E-state index contributed by atoms with van der Waals surface area (Å²) in [6.45, 7) is 4.25. The molecule has 0 aromatic carbocycles. The van der Waals surface area contributed by atoms with Crippen molar-refractivity contribution in [2.75, 3.05) is 20.4 Å². The van der Waals surface area contributed by atoms with E-state index in [9.17, 15) is 9.59 Å². The number of hydrogen-bond acceptors (Lipinski definition) is 3. The Labute approximate surface area is 102 Å². The van der Waals surface area contributed by atoms with Gasteiger partial charge in [0.15, 0.2) is 0 Å². The van der Waals surface area contributed by atoms with E-state index in [4.69, 9.17) is 9.84 Å². The largest absolute Gasteiger partial charge is 0.465 e. The molecule has 0 radical (unpaired) electrons. The highest BCUT2D eigenvalue weighted by Gasteiger charge is 2.20. The van der Waals surface area contributed by atoms with Gasteiger partial charge in [-0.1, -0.05) is 13.8 Å². The molecule has 0 spiro atoms. The van der Waals surface area contributed by atoms with Gasteiger partial charge in [0.1, 0.15) is 6.73 Å². The Bertz CT molecular complexity index is 242. The molecule has 0 aromatic rings. The number of methoxy groups -OCH3 is 1. The van der Waals surface area contributed by atoms with Crippen LogP contribution in [0.15, 0.2) is 0 Å². The van der Waals surface area contributed by atoms with Crippen molar-refractivity contribution in [3.8, 4) is 0 Å². The minimum Gasteiger partial charge on any atom is -0.465 e. The summed E-state index contributed by atoms with van der Waals surface area (Å²) in [5.41, 5.74) is 0. The van der Waals surface area contributed by atoms with E-state index in [1.807, 2.05) is 13.8 Å². The number of rotatable bonds is 8. The highest BCUT2D eigenvalue weighted by atomic mass is 16.5. The summed E-state index contributed by atoms with van der Waals surface area (Å²) in [5, 5.41) is 11.6. The predicted molar refractivity (Wildman–Crippen MR) is 63.7 cm³/mol. The van der Waals surface area contributed by atoms with E-state index < -0.39 is 6.09 Å². The molecule has 0 aromatic heterocycles. The first-order chi connectivity index (χ1) is 8.06. The molecule has 100 valence electrons. The quantitative estimate of drug-likeness (QED) is 0.632. The number of carbonyl (C=O) groups is 2. The highest BCUT2D eigenvalue weighted by Crippen LogP contribution is 2.09. The molecular formula is C11H22N2O4. The first kappa shape index (κ1) is 15.7. The molecule has 0 saturated carbocycles. The number of hydrogen-bond donors (Lipinski definition) is 2. The zero-order valence-corrected chi connectivity index (χ0v) is 10.7. The molecule has 2 N–H and O–H groups in total. The van der Waals surface area contributed by atoms with Crippen molar-refractivity contribution in [2.24, 2.45) is 0 Å². The fourth-order valence-corrected chi connectivity index (χ4v) is 1.63. The van der Waals surface area contributed by atoms with Crippen LogP contribution >= 0.6 is 0 Å². The molecule has 0 aliphatic heterocycles. The molecule has 0 atom stereocenters. The Hall–Kier alpha value is -1.30. The molecule has 0 heterocycles. The lowest BCUT2D eigenvalue weighted by atomic mass is 10.1. The molecule has 6 nitrogen and oxygen atoms in total. The van der Waals surface area contributed by atoms with Crippen LogP contribution in [0.4, 0.5) is 4.79 Å². The van der Waals surface area contributed by atoms with E-state index in [0.29, 0.717) is 0 Å². The highest BCUT2D eigenvalue weighted by molar-refractivity contribution is 5.76. The third-order valence-electron chi connectivity index (χ3n) is 2.62. The van der Waals surface area contributed by atoms with Crippen LogP contribution in [0.1, 0.15) is 33.1 Å². The summed E-state index contributed by atoms with van der Waals surface area (Å²) in [5.74, 6) is -0.205. The van der Waals surface area contributed by atoms with Crippen LogP contribution < -0.4 is 5.32 Å². The standard InChI is InChI=1S/C11H22N2O4/c1-4-9(5-2)13(11(15)16)7-6-10(14)12-8-17-3/h9H,4-8H2,1-3H3,(H,12,14)(H,15,16). The molecule has 6 heteroatoms. The van der Waals surface area contributed by atoms with Crippen molar-refractivity contribution in [1.29, 1.82) is 0 Å². The van der Waals surface area contributed by atoms with Gasteiger partial charge in [-0.2, -0.15) is 0 Å². The number of nitrogens with zero attached hydrogens (tertiary/aromatic N) is 1. The van der Waals surface area contributed by atoms with Crippen LogP contribution in [0.3, 0.4) is 0 Å². The second-order valence-electron chi connectivity index (χ2n) is 3.73. The third-order valence-corrected chi connectivity index (χ3v) is 2.62. The Morgan fingerprint density at radius 2 is 1.94 bits per heavy atom. The topological polar surface area (TPSA) is 78.9 Å². The zero-order chi connectivity index (χ0) is 13.3. The fourth-order valence-electron chi connectivity index (χ4n) is 1.63. The van der Waals surface area contributed by atoms with Crippen molar-refractivity contribution in [3.63, 3.8) is 0 Å². The van der Waals surface area contributed by atoms with E-state index in [1.165, 1.54) is 12.0 Å². The van der Waals surface area contributed by atoms with Crippen LogP contribution in [0.2, 0.25) is 0 Å². The van der Waals surface area contributed by atoms with Crippen molar-refractivity contribution < 1.29 is 19.4 Å². The predicted octanol–water partition coefficient (Wildman–Crippen LogP) is 1.27. The number of carboxylic acid groups (broad SMARTS) is 1. The van der Waals surface area contributed by atoms with E-state index in [0.717, 1.165) is 12.8 Å². The van der Waals surface area contributed by atoms with Gasteiger partial charge in [0, 0.05) is 26.1 Å². The monoisotopic (exact) mass is 246 g/mol. The molecule has 0 fully saturated rings. The van der Waals surface area contributed by atoms with Crippen LogP contribution in [-0.4, -0.2) is 48.4 Å². The maximum atomic E-state index is 11.3. The van der Waals surface area contributed by atoms with Gasteiger partial charge >= 0.3 is 6.09 Å². The SMILES string of the molecule is CCC(CC)N(CCC(=O)NCOC)C(=O)O. The molecule has 0 bridgehead atoms. The summed E-state index contributed by atoms with van der Waals surface area (Å²) >= 11 is 0. The first-order valence-corrected chi connectivity index (χ1v) is 5.81.